The van der Waals surface area contributed by atoms with E-state index in [1.165, 1.54) is 11.3 Å². The monoisotopic (exact) mass is 702 g/mol. The highest BCUT2D eigenvalue weighted by molar-refractivity contribution is 5.96. The minimum Gasteiger partial charge on any atom is -0.497 e. The Morgan fingerprint density at radius 3 is 2.47 bits per heavy atom. The third-order valence-corrected chi connectivity index (χ3v) is 11.0. The molecular weight excluding hydrogens is 656 g/mol. The molecule has 3 heterocycles. The lowest BCUT2D eigenvalue weighted by atomic mass is 9.85. The van der Waals surface area contributed by atoms with Gasteiger partial charge in [0.15, 0.2) is 5.82 Å². The number of carbonyl (C=O) groups excluding carboxylic acids is 3. The van der Waals surface area contributed by atoms with E-state index in [9.17, 15) is 24.3 Å². The molecule has 0 spiro atoms. The van der Waals surface area contributed by atoms with Crippen molar-refractivity contribution < 1.29 is 38.5 Å². The smallest absolute Gasteiger partial charge is 0.408 e. The molecule has 4 fully saturated rings. The highest BCUT2D eigenvalue weighted by atomic mass is 16.6. The number of aromatic nitrogens is 3. The zero-order chi connectivity index (χ0) is 36.2. The molecule has 14 nitrogen and oxygen atoms in total. The van der Waals surface area contributed by atoms with Gasteiger partial charge in [-0.2, -0.15) is 5.10 Å². The highest BCUT2D eigenvalue weighted by Crippen LogP contribution is 2.52. The number of amides is 3. The number of aliphatic carboxylic acids is 1. The predicted octanol–water partition coefficient (Wildman–Crippen LogP) is 4.09. The second-order valence-electron chi connectivity index (χ2n) is 15.6. The van der Waals surface area contributed by atoms with Crippen molar-refractivity contribution in [1.82, 2.24) is 30.3 Å². The van der Waals surface area contributed by atoms with Crippen LogP contribution < -0.4 is 20.1 Å². The zero-order valence-corrected chi connectivity index (χ0v) is 29.6. The van der Waals surface area contributed by atoms with Crippen molar-refractivity contribution >= 4 is 34.8 Å². The molecule has 7 rings (SSSR count). The number of benzene rings is 1. The van der Waals surface area contributed by atoms with Crippen molar-refractivity contribution in [2.45, 2.75) is 96.1 Å². The summed E-state index contributed by atoms with van der Waals surface area (Å²) in [5.41, 5.74) is -1.54. The standard InChI is InChI=1S/C37H46N6O8/c1-6-22-18-37(22,34(46)47)41-32(44)28-16-25(50-29-17-30(43-11-7-10-38-43)39-27-15-23(49-5)8-9-26(27)29)19-42(28)33(45)31(36(2,3)4)40-35(48)51-24-13-20-12-21(20)14-24/h7-11,15,17,20-22,24-25,28,31H,6,12-14,16,18-19H2,1-5H3,(H,40,48)(H,41,44)(H,46,47)/t20-,21+,22?,24+,25-,28+,31-,37-/m1/s1. The van der Waals surface area contributed by atoms with Crippen LogP contribution in [0, 0.1) is 23.2 Å². The average Bonchev–Trinajstić information content (AvgIpc) is 3.70. The van der Waals surface area contributed by atoms with E-state index >= 15 is 0 Å². The van der Waals surface area contributed by atoms with Gasteiger partial charge in [-0.1, -0.05) is 34.1 Å². The van der Waals surface area contributed by atoms with Gasteiger partial charge in [-0.05, 0) is 67.1 Å². The normalized spacial score (nSPS) is 28.5. The van der Waals surface area contributed by atoms with Crippen LogP contribution in [0.4, 0.5) is 4.79 Å². The molecule has 1 aromatic carbocycles. The van der Waals surface area contributed by atoms with Crippen LogP contribution in [0.15, 0.2) is 42.7 Å². The summed E-state index contributed by atoms with van der Waals surface area (Å²) in [5, 5.41) is 20.7. The largest absolute Gasteiger partial charge is 0.497 e. The number of hydrogen-bond donors (Lipinski definition) is 3. The number of likely N-dealkylation sites (tertiary alicyclic amines) is 1. The topological polar surface area (TPSA) is 174 Å². The summed E-state index contributed by atoms with van der Waals surface area (Å²) < 4.78 is 19.4. The Hall–Kier alpha value is -4.88. The second-order valence-corrected chi connectivity index (χ2v) is 15.6. The number of fused-ring (bicyclic) bond motifs is 2. The number of carboxylic acids is 1. The number of carbonyl (C=O) groups is 4. The minimum atomic E-state index is -1.38. The Bertz CT molecular complexity index is 1830. The fraction of sp³-hybridized carbons (Fsp3) is 0.568. The van der Waals surface area contributed by atoms with E-state index in [0.29, 0.717) is 52.9 Å². The lowest BCUT2D eigenvalue weighted by Gasteiger charge is -2.35. The summed E-state index contributed by atoms with van der Waals surface area (Å²) in [7, 11) is 1.57. The maximum absolute atomic E-state index is 14.5. The molecule has 14 heteroatoms. The second kappa shape index (κ2) is 13.0. The molecule has 4 aliphatic rings. The fourth-order valence-corrected chi connectivity index (χ4v) is 7.93. The van der Waals surface area contributed by atoms with Gasteiger partial charge in [0, 0.05) is 36.3 Å². The van der Waals surface area contributed by atoms with E-state index in [0.717, 1.165) is 12.8 Å². The van der Waals surface area contributed by atoms with Gasteiger partial charge in [-0.15, -0.1) is 0 Å². The molecular formula is C37H46N6O8. The lowest BCUT2D eigenvalue weighted by molar-refractivity contribution is -0.146. The summed E-state index contributed by atoms with van der Waals surface area (Å²) in [6.07, 6.45) is 5.74. The van der Waals surface area contributed by atoms with Crippen LogP contribution in [0.25, 0.3) is 16.7 Å². The molecule has 0 bridgehead atoms. The van der Waals surface area contributed by atoms with Crippen LogP contribution in [0.3, 0.4) is 0 Å². The number of methoxy groups -OCH3 is 1. The number of rotatable bonds is 11. The van der Waals surface area contributed by atoms with E-state index in [2.05, 4.69) is 15.7 Å². The highest BCUT2D eigenvalue weighted by Gasteiger charge is 2.61. The summed E-state index contributed by atoms with van der Waals surface area (Å²) in [4.78, 5) is 60.3. The van der Waals surface area contributed by atoms with Crippen LogP contribution in [-0.4, -0.2) is 92.1 Å². The first-order chi connectivity index (χ1) is 24.3. The van der Waals surface area contributed by atoms with Crippen LogP contribution in [0.5, 0.6) is 11.5 Å². The molecule has 0 radical (unpaired) electrons. The number of nitrogens with zero attached hydrogens (tertiary/aromatic N) is 4. The Morgan fingerprint density at radius 2 is 1.84 bits per heavy atom. The van der Waals surface area contributed by atoms with Crippen LogP contribution in [0.1, 0.15) is 66.2 Å². The van der Waals surface area contributed by atoms with Gasteiger partial charge in [0.25, 0.3) is 0 Å². The number of carboxylic acid groups (broad SMARTS) is 1. The van der Waals surface area contributed by atoms with Crippen molar-refractivity contribution in [3.8, 4) is 17.3 Å². The van der Waals surface area contributed by atoms with Crippen LogP contribution in [-0.2, 0) is 19.1 Å². The van der Waals surface area contributed by atoms with Gasteiger partial charge >= 0.3 is 12.1 Å². The Kier molecular flexibility index (Phi) is 8.83. The minimum absolute atomic E-state index is 0.0144. The van der Waals surface area contributed by atoms with Gasteiger partial charge in [0.1, 0.15) is 41.3 Å². The van der Waals surface area contributed by atoms with E-state index in [1.807, 2.05) is 33.8 Å². The van der Waals surface area contributed by atoms with Gasteiger partial charge in [-0.3, -0.25) is 9.59 Å². The quantitative estimate of drug-likeness (QED) is 0.264. The molecule has 51 heavy (non-hydrogen) atoms. The molecule has 8 atom stereocenters. The zero-order valence-electron chi connectivity index (χ0n) is 29.6. The summed E-state index contributed by atoms with van der Waals surface area (Å²) in [6, 6.07) is 6.85. The Morgan fingerprint density at radius 1 is 1.08 bits per heavy atom. The molecule has 2 aromatic heterocycles. The van der Waals surface area contributed by atoms with Crippen molar-refractivity contribution in [2.75, 3.05) is 13.7 Å². The van der Waals surface area contributed by atoms with Crippen molar-refractivity contribution in [3.05, 3.63) is 42.7 Å². The van der Waals surface area contributed by atoms with Crippen LogP contribution in [0.2, 0.25) is 0 Å². The molecule has 1 saturated heterocycles. The summed E-state index contributed by atoms with van der Waals surface area (Å²) >= 11 is 0. The van der Waals surface area contributed by atoms with Crippen molar-refractivity contribution in [3.63, 3.8) is 0 Å². The average molecular weight is 703 g/mol. The van der Waals surface area contributed by atoms with Gasteiger partial charge in [0.05, 0.1) is 19.2 Å². The van der Waals surface area contributed by atoms with E-state index in [1.54, 1.807) is 48.5 Å². The van der Waals surface area contributed by atoms with Gasteiger partial charge in [-0.25, -0.2) is 19.3 Å². The predicted molar refractivity (Wildman–Crippen MR) is 184 cm³/mol. The number of pyridine rings is 1. The molecule has 3 aromatic rings. The third kappa shape index (κ3) is 6.79. The molecule has 3 amide bonds. The summed E-state index contributed by atoms with van der Waals surface area (Å²) in [5.74, 6) is 0.437. The molecule has 3 aliphatic carbocycles. The Balaban J connectivity index is 1.18. The number of alkyl carbamates (subject to hydrolysis) is 1. The Labute approximate surface area is 296 Å². The van der Waals surface area contributed by atoms with Gasteiger partial charge < -0.3 is 34.9 Å². The first kappa shape index (κ1) is 34.6. The summed E-state index contributed by atoms with van der Waals surface area (Å²) in [6.45, 7) is 7.41. The fourth-order valence-electron chi connectivity index (χ4n) is 7.93. The number of nitrogens with one attached hydrogen (secondary N) is 2. The maximum atomic E-state index is 14.5. The first-order valence-corrected chi connectivity index (χ1v) is 17.8. The van der Waals surface area contributed by atoms with E-state index in [4.69, 9.17) is 19.2 Å². The van der Waals surface area contributed by atoms with E-state index in [-0.39, 0.29) is 25.0 Å². The molecule has 1 aliphatic heterocycles. The molecule has 3 N–H and O–H groups in total. The van der Waals surface area contributed by atoms with Crippen LogP contribution >= 0.6 is 0 Å². The first-order valence-electron chi connectivity index (χ1n) is 17.8. The number of ether oxygens (including phenoxy) is 3. The lowest BCUT2D eigenvalue weighted by Crippen LogP contribution is -2.59. The molecule has 272 valence electrons. The van der Waals surface area contributed by atoms with Crippen molar-refractivity contribution in [2.24, 2.45) is 23.2 Å². The maximum Gasteiger partial charge on any atom is 0.408 e. The molecule has 1 unspecified atom stereocenters. The number of hydrogen-bond acceptors (Lipinski definition) is 9. The SMILES string of the molecule is CCC1C[C@]1(NC(=O)[C@@H]1C[C@@H](Oc2cc(-n3cccn3)nc3cc(OC)ccc23)CN1C(=O)[C@@H](NC(=O)O[C@@H]1C[C@@H]2C[C@@H]2C1)C(C)(C)C)C(=O)O. The third-order valence-electron chi connectivity index (χ3n) is 11.0. The van der Waals surface area contributed by atoms with Gasteiger partial charge in [0.2, 0.25) is 11.8 Å². The van der Waals surface area contributed by atoms with E-state index < -0.39 is 53.0 Å². The molecule has 3 saturated carbocycles. The van der Waals surface area contributed by atoms with Crippen molar-refractivity contribution in [1.29, 1.82) is 0 Å².